The van der Waals surface area contributed by atoms with Crippen molar-refractivity contribution in [1.82, 2.24) is 0 Å². The Morgan fingerprint density at radius 2 is 1.15 bits per heavy atom. The van der Waals surface area contributed by atoms with Crippen molar-refractivity contribution in [1.29, 1.82) is 0 Å². The number of halogens is 3. The molecule has 7 unspecified atom stereocenters. The molecule has 0 radical (unpaired) electrons. The Labute approximate surface area is 239 Å². The van der Waals surface area contributed by atoms with E-state index < -0.39 is 18.5 Å². The maximum atomic E-state index is 15.5. The normalized spacial score (nSPS) is 41.9. The van der Waals surface area contributed by atoms with Gasteiger partial charge in [-0.25, -0.2) is 13.2 Å². The van der Waals surface area contributed by atoms with E-state index in [1.807, 2.05) is 6.92 Å². The summed E-state index contributed by atoms with van der Waals surface area (Å²) in [5, 5.41) is 0. The second-order valence-electron chi connectivity index (χ2n) is 14.3. The van der Waals surface area contributed by atoms with Crippen LogP contribution in [0.4, 0.5) is 13.2 Å². The smallest absolute Gasteiger partial charge is 0.134 e. The van der Waals surface area contributed by atoms with Crippen molar-refractivity contribution in [2.24, 2.45) is 41.4 Å². The van der Waals surface area contributed by atoms with Gasteiger partial charge in [0.1, 0.15) is 18.5 Å². The number of rotatable bonds is 13. The van der Waals surface area contributed by atoms with E-state index in [9.17, 15) is 4.39 Å². The largest absolute Gasteiger partial charge is 0.379 e. The van der Waals surface area contributed by atoms with Crippen LogP contribution in [0.2, 0.25) is 0 Å². The van der Waals surface area contributed by atoms with E-state index in [2.05, 4.69) is 6.92 Å². The van der Waals surface area contributed by atoms with E-state index in [-0.39, 0.29) is 11.8 Å². The standard InChI is InChI=1S/C35H61F3O/c1-3-5-6-7-11-29-17-14-26(24-33(29)36)10-8-9-25-12-15-27(16-13-25)31-22-23-32(35(38)34(31)37)28-18-20-30(21-19-28)39-4-2/h25-35H,3-24H2,1-2H3. The molecular weight excluding hydrogens is 493 g/mol. The van der Waals surface area contributed by atoms with Crippen molar-refractivity contribution in [2.45, 2.75) is 173 Å². The van der Waals surface area contributed by atoms with Gasteiger partial charge in [-0.15, -0.1) is 0 Å². The molecule has 7 atom stereocenters. The Balaban J connectivity index is 1.10. The summed E-state index contributed by atoms with van der Waals surface area (Å²) in [6.07, 6.45) is 20.5. The van der Waals surface area contributed by atoms with Crippen LogP contribution in [0.1, 0.15) is 149 Å². The second-order valence-corrected chi connectivity index (χ2v) is 14.3. The van der Waals surface area contributed by atoms with Crippen LogP contribution in [0.15, 0.2) is 0 Å². The van der Waals surface area contributed by atoms with E-state index in [1.165, 1.54) is 64.2 Å². The molecule has 0 bridgehead atoms. The van der Waals surface area contributed by atoms with Gasteiger partial charge in [0.05, 0.1) is 6.10 Å². The molecular formula is C35H61F3O. The lowest BCUT2D eigenvalue weighted by molar-refractivity contribution is -0.0474. The molecule has 4 heteroatoms. The molecule has 0 aromatic carbocycles. The maximum absolute atomic E-state index is 15.5. The fourth-order valence-corrected chi connectivity index (χ4v) is 9.37. The lowest BCUT2D eigenvalue weighted by Gasteiger charge is -2.44. The van der Waals surface area contributed by atoms with E-state index >= 15 is 8.78 Å². The third-order valence-corrected chi connectivity index (χ3v) is 11.8. The minimum atomic E-state index is -1.26. The first-order valence-electron chi connectivity index (χ1n) is 17.5. The Bertz CT molecular complexity index is 656. The minimum absolute atomic E-state index is 0.0596. The average molecular weight is 555 g/mol. The van der Waals surface area contributed by atoms with Gasteiger partial charge in [0, 0.05) is 6.61 Å². The molecule has 0 aromatic rings. The third kappa shape index (κ3) is 9.12. The lowest BCUT2D eigenvalue weighted by Crippen LogP contribution is -2.45. The first kappa shape index (κ1) is 31.7. The Hall–Kier alpha value is -0.250. The van der Waals surface area contributed by atoms with Crippen molar-refractivity contribution in [3.05, 3.63) is 0 Å². The maximum Gasteiger partial charge on any atom is 0.134 e. The quantitative estimate of drug-likeness (QED) is 0.206. The molecule has 39 heavy (non-hydrogen) atoms. The molecule has 4 rings (SSSR count). The summed E-state index contributed by atoms with van der Waals surface area (Å²) in [5.74, 6) is 2.24. The van der Waals surface area contributed by atoms with Gasteiger partial charge in [0.15, 0.2) is 0 Å². The predicted octanol–water partition coefficient (Wildman–Crippen LogP) is 11.0. The molecule has 0 aromatic heterocycles. The molecule has 4 saturated carbocycles. The number of hydrogen-bond acceptors (Lipinski definition) is 1. The SMILES string of the molecule is CCCCCCC1CCC(CCCC2CCC(C3CCC(C4CCC(OCC)CC4)C(F)C3F)CC2)CC1F. The van der Waals surface area contributed by atoms with Crippen molar-refractivity contribution in [3.63, 3.8) is 0 Å². The summed E-state index contributed by atoms with van der Waals surface area (Å²) in [4.78, 5) is 0. The fourth-order valence-electron chi connectivity index (χ4n) is 9.37. The molecule has 228 valence electrons. The van der Waals surface area contributed by atoms with Gasteiger partial charge in [-0.05, 0) is 125 Å². The first-order chi connectivity index (χ1) is 19.0. The zero-order valence-electron chi connectivity index (χ0n) is 25.4. The van der Waals surface area contributed by atoms with Gasteiger partial charge in [-0.3, -0.25) is 0 Å². The van der Waals surface area contributed by atoms with E-state index in [0.29, 0.717) is 29.8 Å². The van der Waals surface area contributed by atoms with Gasteiger partial charge in [0.25, 0.3) is 0 Å². The van der Waals surface area contributed by atoms with E-state index in [1.54, 1.807) is 0 Å². The summed E-state index contributed by atoms with van der Waals surface area (Å²) < 4.78 is 51.4. The topological polar surface area (TPSA) is 9.23 Å². The monoisotopic (exact) mass is 554 g/mol. The highest BCUT2D eigenvalue weighted by Gasteiger charge is 2.46. The fraction of sp³-hybridized carbons (Fsp3) is 1.00. The van der Waals surface area contributed by atoms with Gasteiger partial charge in [-0.2, -0.15) is 0 Å². The average Bonchev–Trinajstić information content (AvgIpc) is 2.95. The second kappa shape index (κ2) is 16.4. The third-order valence-electron chi connectivity index (χ3n) is 11.8. The number of alkyl halides is 3. The van der Waals surface area contributed by atoms with Gasteiger partial charge in [0.2, 0.25) is 0 Å². The summed E-state index contributed by atoms with van der Waals surface area (Å²) in [6.45, 7) is 5.02. The highest BCUT2D eigenvalue weighted by Crippen LogP contribution is 2.48. The summed E-state index contributed by atoms with van der Waals surface area (Å²) in [5.41, 5.74) is 0. The summed E-state index contributed by atoms with van der Waals surface area (Å²) >= 11 is 0. The van der Waals surface area contributed by atoms with Crippen molar-refractivity contribution < 1.29 is 17.9 Å². The van der Waals surface area contributed by atoms with Crippen LogP contribution in [-0.4, -0.2) is 31.2 Å². The van der Waals surface area contributed by atoms with Crippen LogP contribution in [0.3, 0.4) is 0 Å². The van der Waals surface area contributed by atoms with Gasteiger partial charge >= 0.3 is 0 Å². The zero-order valence-corrected chi connectivity index (χ0v) is 25.4. The highest BCUT2D eigenvalue weighted by molar-refractivity contribution is 4.95. The molecule has 0 saturated heterocycles. The molecule has 4 fully saturated rings. The van der Waals surface area contributed by atoms with Crippen LogP contribution < -0.4 is 0 Å². The minimum Gasteiger partial charge on any atom is -0.379 e. The Morgan fingerprint density at radius 1 is 0.564 bits per heavy atom. The molecule has 4 aliphatic rings. The molecule has 0 aliphatic heterocycles. The van der Waals surface area contributed by atoms with E-state index in [4.69, 9.17) is 4.74 Å². The summed E-state index contributed by atoms with van der Waals surface area (Å²) in [6, 6.07) is 0. The van der Waals surface area contributed by atoms with Crippen molar-refractivity contribution in [3.8, 4) is 0 Å². The molecule has 4 aliphatic carbocycles. The van der Waals surface area contributed by atoms with Crippen molar-refractivity contribution in [2.75, 3.05) is 6.61 Å². The number of unbranched alkanes of at least 4 members (excludes halogenated alkanes) is 3. The van der Waals surface area contributed by atoms with Gasteiger partial charge in [-0.1, -0.05) is 64.7 Å². The van der Waals surface area contributed by atoms with E-state index in [0.717, 1.165) is 83.2 Å². The van der Waals surface area contributed by atoms with Crippen LogP contribution in [0.25, 0.3) is 0 Å². The molecule has 0 heterocycles. The first-order valence-corrected chi connectivity index (χ1v) is 17.5. The summed E-state index contributed by atoms with van der Waals surface area (Å²) in [7, 11) is 0. The van der Waals surface area contributed by atoms with Crippen molar-refractivity contribution >= 4 is 0 Å². The molecule has 0 N–H and O–H groups in total. The Kier molecular flexibility index (Phi) is 13.3. The number of hydrogen-bond donors (Lipinski definition) is 0. The van der Waals surface area contributed by atoms with Gasteiger partial charge < -0.3 is 4.74 Å². The highest BCUT2D eigenvalue weighted by atomic mass is 19.2. The Morgan fingerprint density at radius 3 is 1.74 bits per heavy atom. The molecule has 0 amide bonds. The lowest BCUT2D eigenvalue weighted by atomic mass is 9.64. The van der Waals surface area contributed by atoms with Crippen LogP contribution in [0, 0.1) is 41.4 Å². The zero-order chi connectivity index (χ0) is 27.6. The molecule has 1 nitrogen and oxygen atoms in total. The van der Waals surface area contributed by atoms with Crippen LogP contribution in [0.5, 0.6) is 0 Å². The van der Waals surface area contributed by atoms with Crippen LogP contribution in [-0.2, 0) is 4.74 Å². The van der Waals surface area contributed by atoms with Crippen LogP contribution >= 0.6 is 0 Å². The predicted molar refractivity (Wildman–Crippen MR) is 157 cm³/mol. The number of ether oxygens (including phenoxy) is 1. The molecule has 0 spiro atoms.